The third-order valence-corrected chi connectivity index (χ3v) is 4.39. The summed E-state index contributed by atoms with van der Waals surface area (Å²) in [6.07, 6.45) is 14.8. The molecule has 0 aromatic rings. The van der Waals surface area contributed by atoms with E-state index in [1.165, 1.54) is 32.1 Å². The molecular formula is C17H28O3. The van der Waals surface area contributed by atoms with Crippen molar-refractivity contribution in [2.45, 2.75) is 51.7 Å². The molecule has 0 spiro atoms. The molecule has 0 N–H and O–H groups in total. The highest BCUT2D eigenvalue weighted by Crippen LogP contribution is 2.34. The van der Waals surface area contributed by atoms with E-state index in [-0.39, 0.29) is 6.29 Å². The number of hydrogen-bond donors (Lipinski definition) is 0. The third-order valence-electron chi connectivity index (χ3n) is 4.39. The lowest BCUT2D eigenvalue weighted by molar-refractivity contribution is -0.118. The predicted molar refractivity (Wildman–Crippen MR) is 80.3 cm³/mol. The van der Waals surface area contributed by atoms with E-state index in [2.05, 4.69) is 18.2 Å². The Kier molecular flexibility index (Phi) is 6.61. The van der Waals surface area contributed by atoms with Gasteiger partial charge in [0.1, 0.15) is 12.4 Å². The van der Waals surface area contributed by atoms with E-state index in [1.54, 1.807) is 7.11 Å². The lowest BCUT2D eigenvalue weighted by Crippen LogP contribution is -2.18. The summed E-state index contributed by atoms with van der Waals surface area (Å²) in [6.45, 7) is 3.03. The Labute approximate surface area is 123 Å². The van der Waals surface area contributed by atoms with Gasteiger partial charge in [-0.3, -0.25) is 0 Å². The molecule has 114 valence electrons. The fraction of sp³-hybridized carbons (Fsp3) is 0.765. The molecule has 0 radical (unpaired) electrons. The first kappa shape index (κ1) is 15.6. The van der Waals surface area contributed by atoms with Crippen LogP contribution in [0.5, 0.6) is 0 Å². The van der Waals surface area contributed by atoms with Crippen molar-refractivity contribution in [3.63, 3.8) is 0 Å². The predicted octanol–water partition coefficient (Wildman–Crippen LogP) is 4.05. The standard InChI is InChI=1S/C17H28O3/c1-14(18-2)19-12-13-20-17-10-8-16(9-11-17)15-6-4-3-5-7-15/h8,10-11,14-16H,3-7,9,12-13H2,1-2H3. The highest BCUT2D eigenvalue weighted by molar-refractivity contribution is 5.19. The Balaban J connectivity index is 1.64. The van der Waals surface area contributed by atoms with Crippen molar-refractivity contribution in [2.24, 2.45) is 11.8 Å². The average Bonchev–Trinajstić information content (AvgIpc) is 2.52. The van der Waals surface area contributed by atoms with Crippen LogP contribution in [0.4, 0.5) is 0 Å². The van der Waals surface area contributed by atoms with E-state index in [0.717, 1.165) is 24.0 Å². The molecule has 0 aromatic heterocycles. The SMILES string of the molecule is COC(C)OCCOC1=CCC(C2CCCCC2)C=C1. The summed E-state index contributed by atoms with van der Waals surface area (Å²) in [6, 6.07) is 0. The van der Waals surface area contributed by atoms with E-state index in [4.69, 9.17) is 14.2 Å². The maximum atomic E-state index is 5.71. The maximum absolute atomic E-state index is 5.71. The monoisotopic (exact) mass is 280 g/mol. The molecule has 1 fully saturated rings. The van der Waals surface area contributed by atoms with Crippen LogP contribution in [0.3, 0.4) is 0 Å². The van der Waals surface area contributed by atoms with Crippen LogP contribution in [0.15, 0.2) is 24.0 Å². The summed E-state index contributed by atoms with van der Waals surface area (Å²) >= 11 is 0. The molecule has 1 saturated carbocycles. The second-order valence-corrected chi connectivity index (χ2v) is 5.79. The molecule has 3 heteroatoms. The first-order valence-electron chi connectivity index (χ1n) is 7.95. The van der Waals surface area contributed by atoms with Gasteiger partial charge < -0.3 is 14.2 Å². The minimum atomic E-state index is -0.162. The molecular weight excluding hydrogens is 252 g/mol. The van der Waals surface area contributed by atoms with Crippen molar-refractivity contribution >= 4 is 0 Å². The van der Waals surface area contributed by atoms with Crippen LogP contribution in [0.2, 0.25) is 0 Å². The Morgan fingerprint density at radius 3 is 2.65 bits per heavy atom. The third kappa shape index (κ3) is 4.95. The van der Waals surface area contributed by atoms with Crippen LogP contribution in [-0.4, -0.2) is 26.6 Å². The van der Waals surface area contributed by atoms with Gasteiger partial charge in [0.05, 0.1) is 6.61 Å². The molecule has 2 aliphatic rings. The molecule has 0 amide bonds. The van der Waals surface area contributed by atoms with Crippen molar-refractivity contribution in [3.05, 3.63) is 24.0 Å². The number of ether oxygens (including phenoxy) is 3. The number of hydrogen-bond acceptors (Lipinski definition) is 3. The minimum absolute atomic E-state index is 0.162. The van der Waals surface area contributed by atoms with Gasteiger partial charge in [0.25, 0.3) is 0 Å². The average molecular weight is 280 g/mol. The second-order valence-electron chi connectivity index (χ2n) is 5.79. The largest absolute Gasteiger partial charge is 0.492 e. The maximum Gasteiger partial charge on any atom is 0.154 e. The minimum Gasteiger partial charge on any atom is -0.492 e. The first-order valence-corrected chi connectivity index (χ1v) is 7.95. The fourth-order valence-corrected chi connectivity index (χ4v) is 3.08. The zero-order valence-electron chi connectivity index (χ0n) is 12.8. The molecule has 2 atom stereocenters. The lowest BCUT2D eigenvalue weighted by Gasteiger charge is -2.29. The summed E-state index contributed by atoms with van der Waals surface area (Å²) in [5, 5.41) is 0. The van der Waals surface area contributed by atoms with Gasteiger partial charge >= 0.3 is 0 Å². The highest BCUT2D eigenvalue weighted by atomic mass is 16.7. The van der Waals surface area contributed by atoms with Crippen LogP contribution >= 0.6 is 0 Å². The highest BCUT2D eigenvalue weighted by Gasteiger charge is 2.22. The summed E-state index contributed by atoms with van der Waals surface area (Å²) in [4.78, 5) is 0. The summed E-state index contributed by atoms with van der Waals surface area (Å²) < 4.78 is 16.1. The number of rotatable bonds is 7. The van der Waals surface area contributed by atoms with Crippen LogP contribution in [0.25, 0.3) is 0 Å². The van der Waals surface area contributed by atoms with Gasteiger partial charge in [0, 0.05) is 7.11 Å². The molecule has 0 saturated heterocycles. The summed E-state index contributed by atoms with van der Waals surface area (Å²) in [7, 11) is 1.64. The molecule has 0 bridgehead atoms. The normalized spacial score (nSPS) is 25.3. The van der Waals surface area contributed by atoms with E-state index < -0.39 is 0 Å². The van der Waals surface area contributed by atoms with Crippen LogP contribution in [0.1, 0.15) is 45.4 Å². The zero-order valence-corrected chi connectivity index (χ0v) is 12.8. The second kappa shape index (κ2) is 8.48. The summed E-state index contributed by atoms with van der Waals surface area (Å²) in [5.74, 6) is 2.61. The smallest absolute Gasteiger partial charge is 0.154 e. The molecule has 0 heterocycles. The van der Waals surface area contributed by atoms with E-state index >= 15 is 0 Å². The van der Waals surface area contributed by atoms with Crippen molar-refractivity contribution in [1.82, 2.24) is 0 Å². The van der Waals surface area contributed by atoms with Gasteiger partial charge in [-0.15, -0.1) is 0 Å². The molecule has 0 aromatic carbocycles. The quantitative estimate of drug-likeness (QED) is 0.520. The van der Waals surface area contributed by atoms with E-state index in [1.807, 2.05) is 6.92 Å². The zero-order chi connectivity index (χ0) is 14.2. The molecule has 2 unspecified atom stereocenters. The Bertz CT molecular complexity index is 329. The van der Waals surface area contributed by atoms with Gasteiger partial charge in [0.2, 0.25) is 0 Å². The number of methoxy groups -OCH3 is 1. The van der Waals surface area contributed by atoms with Gasteiger partial charge in [-0.05, 0) is 50.2 Å². The van der Waals surface area contributed by atoms with Crippen LogP contribution in [-0.2, 0) is 14.2 Å². The molecule has 2 aliphatic carbocycles. The Morgan fingerprint density at radius 2 is 2.00 bits per heavy atom. The van der Waals surface area contributed by atoms with Gasteiger partial charge in [-0.25, -0.2) is 0 Å². The Hall–Kier alpha value is -0.800. The fourth-order valence-electron chi connectivity index (χ4n) is 3.08. The van der Waals surface area contributed by atoms with Gasteiger partial charge in [-0.1, -0.05) is 25.3 Å². The molecule has 20 heavy (non-hydrogen) atoms. The van der Waals surface area contributed by atoms with Gasteiger partial charge in [0.15, 0.2) is 6.29 Å². The van der Waals surface area contributed by atoms with Crippen LogP contribution in [0, 0.1) is 11.8 Å². The molecule has 3 nitrogen and oxygen atoms in total. The summed E-state index contributed by atoms with van der Waals surface area (Å²) in [5.41, 5.74) is 0. The topological polar surface area (TPSA) is 27.7 Å². The van der Waals surface area contributed by atoms with Gasteiger partial charge in [-0.2, -0.15) is 0 Å². The Morgan fingerprint density at radius 1 is 1.20 bits per heavy atom. The van der Waals surface area contributed by atoms with Crippen LogP contribution < -0.4 is 0 Å². The van der Waals surface area contributed by atoms with Crippen molar-refractivity contribution < 1.29 is 14.2 Å². The van der Waals surface area contributed by atoms with Crippen molar-refractivity contribution in [3.8, 4) is 0 Å². The lowest BCUT2D eigenvalue weighted by atomic mass is 9.77. The number of allylic oxidation sites excluding steroid dienone is 3. The van der Waals surface area contributed by atoms with Crippen molar-refractivity contribution in [1.29, 1.82) is 0 Å². The molecule has 2 rings (SSSR count). The van der Waals surface area contributed by atoms with Crippen molar-refractivity contribution in [2.75, 3.05) is 20.3 Å². The first-order chi connectivity index (χ1) is 9.79. The molecule has 0 aliphatic heterocycles. The van der Waals surface area contributed by atoms with E-state index in [0.29, 0.717) is 13.2 Å². The van der Waals surface area contributed by atoms with E-state index in [9.17, 15) is 0 Å².